The lowest BCUT2D eigenvalue weighted by molar-refractivity contribution is 0.0975. The van der Waals surface area contributed by atoms with Crippen LogP contribution in [0.4, 0.5) is 0 Å². The zero-order valence-electron chi connectivity index (χ0n) is 11.9. The van der Waals surface area contributed by atoms with Gasteiger partial charge in [-0.15, -0.1) is 0 Å². The maximum absolute atomic E-state index is 12.5. The highest BCUT2D eigenvalue weighted by molar-refractivity contribution is 9.39. The second-order valence-corrected chi connectivity index (χ2v) is 11.8. The van der Waals surface area contributed by atoms with Gasteiger partial charge in [-0.25, -0.2) is 0 Å². The van der Waals surface area contributed by atoms with Crippen LogP contribution in [-0.2, 0) is 0 Å². The fourth-order valence-corrected chi connectivity index (χ4v) is 3.46. The van der Waals surface area contributed by atoms with E-state index in [0.717, 1.165) is 16.9 Å². The number of alkyl halides is 3. The van der Waals surface area contributed by atoms with E-state index in [4.69, 9.17) is 4.74 Å². The molecule has 2 aromatic carbocycles. The molecule has 2 rings (SSSR count). The maximum Gasteiger partial charge on any atom is 0.163 e. The quantitative estimate of drug-likeness (QED) is 0.386. The first-order valence-corrected chi connectivity index (χ1v) is 9.08. The van der Waals surface area contributed by atoms with Crippen molar-refractivity contribution in [3.05, 3.63) is 65.7 Å². The molecule has 0 amide bonds. The lowest BCUT2D eigenvalue weighted by Gasteiger charge is -2.25. The number of rotatable bonds is 5. The van der Waals surface area contributed by atoms with Crippen molar-refractivity contribution in [3.8, 4) is 5.75 Å². The summed E-state index contributed by atoms with van der Waals surface area (Å²) in [5, 5.41) is 0. The molecule has 2 nitrogen and oxygen atoms in total. The molecule has 0 aliphatic heterocycles. The van der Waals surface area contributed by atoms with Crippen molar-refractivity contribution in [2.45, 2.75) is 14.5 Å². The number of hydrogen-bond donors (Lipinski definition) is 0. The van der Waals surface area contributed by atoms with Crippen LogP contribution >= 0.6 is 47.8 Å². The Labute approximate surface area is 155 Å². The van der Waals surface area contributed by atoms with Crippen LogP contribution in [0.25, 0.3) is 0 Å². The normalized spacial score (nSPS) is 12.7. The predicted molar refractivity (Wildman–Crippen MR) is 101 cm³/mol. The van der Waals surface area contributed by atoms with Gasteiger partial charge in [-0.2, -0.15) is 0 Å². The van der Waals surface area contributed by atoms with Crippen LogP contribution in [0.15, 0.2) is 54.6 Å². The van der Waals surface area contributed by atoms with Gasteiger partial charge in [-0.05, 0) is 17.7 Å². The van der Waals surface area contributed by atoms with Gasteiger partial charge in [0.15, 0.2) is 5.78 Å². The number of carbonyl (C=O) groups excluding carboxylic acids is 1. The van der Waals surface area contributed by atoms with E-state index in [0.29, 0.717) is 6.42 Å². The fraction of sp³-hybridized carbons (Fsp3) is 0.235. The van der Waals surface area contributed by atoms with Crippen molar-refractivity contribution in [3.63, 3.8) is 0 Å². The van der Waals surface area contributed by atoms with Gasteiger partial charge >= 0.3 is 0 Å². The third kappa shape index (κ3) is 4.67. The summed E-state index contributed by atoms with van der Waals surface area (Å²) in [5.41, 5.74) is 1.76. The van der Waals surface area contributed by atoms with E-state index in [-0.39, 0.29) is 11.7 Å². The standard InChI is InChI=1S/C17H15Br3O2/c1-22-14-9-7-12(8-10-14)15(17(18,19)20)11-16(21)13-5-3-2-4-6-13/h2-10,15H,11H2,1H3. The Morgan fingerprint density at radius 1 is 1.05 bits per heavy atom. The van der Waals surface area contributed by atoms with Crippen LogP contribution in [-0.4, -0.2) is 15.0 Å². The third-order valence-electron chi connectivity index (χ3n) is 3.40. The largest absolute Gasteiger partial charge is 0.497 e. The van der Waals surface area contributed by atoms with Gasteiger partial charge in [0.2, 0.25) is 0 Å². The molecular formula is C17H15Br3O2. The van der Waals surface area contributed by atoms with Gasteiger partial charge < -0.3 is 4.74 Å². The van der Waals surface area contributed by atoms with Gasteiger partial charge in [-0.3, -0.25) is 4.79 Å². The Bertz CT molecular complexity index is 619. The number of Topliss-reactive ketones (excluding diaryl/α,β-unsaturated/α-hetero) is 1. The molecule has 0 radical (unpaired) electrons. The number of ether oxygens (including phenoxy) is 1. The summed E-state index contributed by atoms with van der Waals surface area (Å²) in [7, 11) is 1.63. The summed E-state index contributed by atoms with van der Waals surface area (Å²) in [4.78, 5) is 12.5. The summed E-state index contributed by atoms with van der Waals surface area (Å²) >= 11 is 10.7. The second kappa shape index (κ2) is 7.75. The lowest BCUT2D eigenvalue weighted by atomic mass is 9.93. The summed E-state index contributed by atoms with van der Waals surface area (Å²) in [6, 6.07) is 17.1. The lowest BCUT2D eigenvalue weighted by Crippen LogP contribution is -2.19. The minimum atomic E-state index is -0.550. The molecule has 0 aliphatic rings. The van der Waals surface area contributed by atoms with Crippen LogP contribution in [0.5, 0.6) is 5.75 Å². The Morgan fingerprint density at radius 2 is 1.64 bits per heavy atom. The van der Waals surface area contributed by atoms with Crippen molar-refractivity contribution < 1.29 is 9.53 Å². The number of methoxy groups -OCH3 is 1. The fourth-order valence-electron chi connectivity index (χ4n) is 2.19. The topological polar surface area (TPSA) is 26.3 Å². The van der Waals surface area contributed by atoms with Crippen LogP contribution < -0.4 is 4.74 Å². The molecule has 0 saturated carbocycles. The highest BCUT2D eigenvalue weighted by Crippen LogP contribution is 2.48. The number of benzene rings is 2. The van der Waals surface area contributed by atoms with E-state index < -0.39 is 2.14 Å². The molecule has 0 N–H and O–H groups in total. The van der Waals surface area contributed by atoms with Crippen molar-refractivity contribution >= 4 is 53.6 Å². The zero-order chi connectivity index (χ0) is 16.2. The van der Waals surface area contributed by atoms with Crippen LogP contribution in [0, 0.1) is 0 Å². The molecular weight excluding hydrogens is 476 g/mol. The molecule has 5 heteroatoms. The van der Waals surface area contributed by atoms with Gasteiger partial charge in [0.25, 0.3) is 0 Å². The first-order valence-electron chi connectivity index (χ1n) is 6.70. The molecule has 0 fully saturated rings. The highest BCUT2D eigenvalue weighted by atomic mass is 80.0. The summed E-state index contributed by atoms with van der Waals surface area (Å²) in [6.45, 7) is 0. The Morgan fingerprint density at radius 3 is 2.14 bits per heavy atom. The molecule has 0 saturated heterocycles. The van der Waals surface area contributed by atoms with E-state index >= 15 is 0 Å². The molecule has 116 valence electrons. The van der Waals surface area contributed by atoms with Crippen LogP contribution in [0.1, 0.15) is 28.3 Å². The smallest absolute Gasteiger partial charge is 0.163 e. The molecule has 0 bridgehead atoms. The van der Waals surface area contributed by atoms with E-state index in [1.165, 1.54) is 0 Å². The molecule has 0 aromatic heterocycles. The second-order valence-electron chi connectivity index (χ2n) is 4.86. The van der Waals surface area contributed by atoms with E-state index in [2.05, 4.69) is 47.8 Å². The van der Waals surface area contributed by atoms with Crippen LogP contribution in [0.2, 0.25) is 0 Å². The number of carbonyl (C=O) groups is 1. The summed E-state index contributed by atoms with van der Waals surface area (Å²) in [5.74, 6) is 0.816. The predicted octanol–water partition coefficient (Wildman–Crippen LogP) is 5.89. The minimum absolute atomic E-state index is 0.0777. The first kappa shape index (κ1) is 17.7. The summed E-state index contributed by atoms with van der Waals surface area (Å²) < 4.78 is 4.63. The number of ketones is 1. The summed E-state index contributed by atoms with van der Waals surface area (Å²) in [6.07, 6.45) is 0.373. The molecule has 0 heterocycles. The third-order valence-corrected chi connectivity index (χ3v) is 5.06. The van der Waals surface area contributed by atoms with Crippen molar-refractivity contribution in [2.75, 3.05) is 7.11 Å². The Hall–Kier alpha value is -0.650. The molecule has 22 heavy (non-hydrogen) atoms. The average molecular weight is 491 g/mol. The van der Waals surface area contributed by atoms with Gasteiger partial charge in [0.1, 0.15) is 7.89 Å². The van der Waals surface area contributed by atoms with E-state index in [1.807, 2.05) is 54.6 Å². The molecule has 1 unspecified atom stereocenters. The minimum Gasteiger partial charge on any atom is -0.497 e. The van der Waals surface area contributed by atoms with E-state index in [1.54, 1.807) is 7.11 Å². The highest BCUT2D eigenvalue weighted by Gasteiger charge is 2.34. The SMILES string of the molecule is COc1ccc(C(CC(=O)c2ccccc2)C(Br)(Br)Br)cc1. The Balaban J connectivity index is 2.25. The maximum atomic E-state index is 12.5. The van der Waals surface area contributed by atoms with Gasteiger partial charge in [0, 0.05) is 17.9 Å². The van der Waals surface area contributed by atoms with Gasteiger partial charge in [-0.1, -0.05) is 90.3 Å². The van der Waals surface area contributed by atoms with E-state index in [9.17, 15) is 4.79 Å². The molecule has 0 spiro atoms. The van der Waals surface area contributed by atoms with Crippen molar-refractivity contribution in [1.29, 1.82) is 0 Å². The average Bonchev–Trinajstić information content (AvgIpc) is 2.52. The van der Waals surface area contributed by atoms with Gasteiger partial charge in [0.05, 0.1) is 7.11 Å². The monoisotopic (exact) mass is 488 g/mol. The molecule has 0 aliphatic carbocycles. The molecule has 2 aromatic rings. The Kier molecular flexibility index (Phi) is 6.24. The number of hydrogen-bond acceptors (Lipinski definition) is 2. The number of halogens is 3. The molecule has 1 atom stereocenters. The zero-order valence-corrected chi connectivity index (χ0v) is 16.7. The van der Waals surface area contributed by atoms with Crippen molar-refractivity contribution in [2.24, 2.45) is 0 Å². The first-order chi connectivity index (χ1) is 10.4. The van der Waals surface area contributed by atoms with Crippen molar-refractivity contribution in [1.82, 2.24) is 0 Å². The van der Waals surface area contributed by atoms with Crippen LogP contribution in [0.3, 0.4) is 0 Å².